The largest absolute Gasteiger partial charge is 0.345 e. The van der Waals surface area contributed by atoms with Gasteiger partial charge in [0, 0.05) is 47.6 Å². The van der Waals surface area contributed by atoms with Crippen molar-refractivity contribution in [2.24, 2.45) is 0 Å². The van der Waals surface area contributed by atoms with E-state index in [0.717, 1.165) is 71.1 Å². The minimum Gasteiger partial charge on any atom is -0.345 e. The molecule has 0 radical (unpaired) electrons. The predicted molar refractivity (Wildman–Crippen MR) is 120 cm³/mol. The molecule has 1 saturated heterocycles. The molecule has 0 amide bonds. The number of pyridine rings is 2. The maximum atomic E-state index is 12.8. The van der Waals surface area contributed by atoms with Gasteiger partial charge in [0.15, 0.2) is 5.78 Å². The zero-order valence-electron chi connectivity index (χ0n) is 17.7. The number of H-pyrrole nitrogens is 2. The van der Waals surface area contributed by atoms with E-state index >= 15 is 0 Å². The third kappa shape index (κ3) is 3.70. The molecule has 1 aliphatic rings. The molecule has 0 spiro atoms. The average molecular weight is 416 g/mol. The van der Waals surface area contributed by atoms with Gasteiger partial charge in [-0.05, 0) is 50.6 Å². The van der Waals surface area contributed by atoms with E-state index in [1.54, 1.807) is 6.20 Å². The van der Waals surface area contributed by atoms with Crippen molar-refractivity contribution in [1.82, 2.24) is 30.5 Å². The number of aromatic amines is 2. The molecule has 158 valence electrons. The van der Waals surface area contributed by atoms with Crippen molar-refractivity contribution in [3.63, 3.8) is 0 Å². The highest BCUT2D eigenvalue weighted by molar-refractivity contribution is 5.98. The molecule has 0 aliphatic carbocycles. The number of ketones is 1. The van der Waals surface area contributed by atoms with Gasteiger partial charge in [-0.3, -0.25) is 15.2 Å². The van der Waals surface area contributed by atoms with Crippen LogP contribution in [0.4, 0.5) is 5.82 Å². The summed E-state index contributed by atoms with van der Waals surface area (Å²) in [5.41, 5.74) is 5.82. The third-order valence-electron chi connectivity index (χ3n) is 5.89. The second kappa shape index (κ2) is 7.96. The molecule has 0 saturated carbocycles. The first kappa shape index (κ1) is 19.4. The van der Waals surface area contributed by atoms with Crippen LogP contribution in [0.1, 0.15) is 33.7 Å². The van der Waals surface area contributed by atoms with Gasteiger partial charge in [0.2, 0.25) is 0 Å². The van der Waals surface area contributed by atoms with Crippen molar-refractivity contribution in [2.75, 3.05) is 24.7 Å². The summed E-state index contributed by atoms with van der Waals surface area (Å²) >= 11 is 0. The number of anilines is 1. The van der Waals surface area contributed by atoms with Gasteiger partial charge in [-0.25, -0.2) is 9.97 Å². The quantitative estimate of drug-likeness (QED) is 0.433. The fourth-order valence-corrected chi connectivity index (χ4v) is 4.01. The van der Waals surface area contributed by atoms with Crippen molar-refractivity contribution in [3.8, 4) is 11.3 Å². The first-order valence-corrected chi connectivity index (χ1v) is 10.5. The Hall–Kier alpha value is -3.52. The Morgan fingerprint density at radius 3 is 2.94 bits per heavy atom. The van der Waals surface area contributed by atoms with Gasteiger partial charge in [0.1, 0.15) is 17.2 Å². The van der Waals surface area contributed by atoms with Crippen LogP contribution in [0.3, 0.4) is 0 Å². The van der Waals surface area contributed by atoms with E-state index in [9.17, 15) is 4.79 Å². The molecule has 1 fully saturated rings. The maximum Gasteiger partial charge on any atom is 0.187 e. The molecule has 5 rings (SSSR count). The molecule has 0 aromatic carbocycles. The van der Waals surface area contributed by atoms with Gasteiger partial charge in [0.05, 0.1) is 12.4 Å². The minimum atomic E-state index is -0.0159. The summed E-state index contributed by atoms with van der Waals surface area (Å²) in [5.74, 6) is 0.945. The Labute approximate surface area is 180 Å². The van der Waals surface area contributed by atoms with E-state index in [1.807, 2.05) is 44.3 Å². The topological polar surface area (TPSA) is 103 Å². The SMILES string of the molecule is Cc1[nH]nc(C(=O)Cc2cnc3[nH]cc(-c4cccc(N5CCCNC5)n4)c3c2)c1C. The lowest BCUT2D eigenvalue weighted by Crippen LogP contribution is -2.42. The minimum absolute atomic E-state index is 0.0159. The molecule has 0 atom stereocenters. The molecule has 0 bridgehead atoms. The molecule has 31 heavy (non-hydrogen) atoms. The molecule has 4 aromatic heterocycles. The number of hydrogen-bond donors (Lipinski definition) is 3. The molecule has 4 aromatic rings. The first-order valence-electron chi connectivity index (χ1n) is 10.5. The summed E-state index contributed by atoms with van der Waals surface area (Å²) < 4.78 is 0. The van der Waals surface area contributed by atoms with Gasteiger partial charge in [-0.1, -0.05) is 6.07 Å². The van der Waals surface area contributed by atoms with Crippen LogP contribution >= 0.6 is 0 Å². The Morgan fingerprint density at radius 1 is 1.26 bits per heavy atom. The Morgan fingerprint density at radius 2 is 2.16 bits per heavy atom. The van der Waals surface area contributed by atoms with Crippen molar-refractivity contribution >= 4 is 22.6 Å². The highest BCUT2D eigenvalue weighted by Crippen LogP contribution is 2.29. The summed E-state index contributed by atoms with van der Waals surface area (Å²) in [6, 6.07) is 8.12. The van der Waals surface area contributed by atoms with Crippen LogP contribution < -0.4 is 10.2 Å². The summed E-state index contributed by atoms with van der Waals surface area (Å²) in [6.45, 7) is 6.68. The highest BCUT2D eigenvalue weighted by Gasteiger charge is 2.17. The van der Waals surface area contributed by atoms with E-state index in [4.69, 9.17) is 4.98 Å². The van der Waals surface area contributed by atoms with Crippen molar-refractivity contribution in [1.29, 1.82) is 0 Å². The molecule has 0 unspecified atom stereocenters. The number of hydrogen-bond acceptors (Lipinski definition) is 6. The first-order chi connectivity index (χ1) is 15.1. The second-order valence-corrected chi connectivity index (χ2v) is 8.02. The van der Waals surface area contributed by atoms with E-state index in [1.165, 1.54) is 0 Å². The number of fused-ring (bicyclic) bond motifs is 1. The van der Waals surface area contributed by atoms with E-state index in [2.05, 4.69) is 30.4 Å². The van der Waals surface area contributed by atoms with Crippen LogP contribution in [-0.4, -0.2) is 50.7 Å². The molecule has 3 N–H and O–H groups in total. The molecule has 8 nitrogen and oxygen atoms in total. The van der Waals surface area contributed by atoms with Crippen LogP contribution in [0.5, 0.6) is 0 Å². The molecular weight excluding hydrogens is 390 g/mol. The monoisotopic (exact) mass is 415 g/mol. The van der Waals surface area contributed by atoms with Gasteiger partial charge in [-0.15, -0.1) is 0 Å². The van der Waals surface area contributed by atoms with E-state index in [0.29, 0.717) is 5.69 Å². The van der Waals surface area contributed by atoms with Crippen LogP contribution in [0, 0.1) is 13.8 Å². The summed E-state index contributed by atoms with van der Waals surface area (Å²) in [7, 11) is 0. The number of nitrogens with one attached hydrogen (secondary N) is 3. The number of rotatable bonds is 5. The van der Waals surface area contributed by atoms with Gasteiger partial charge in [0.25, 0.3) is 0 Å². The fourth-order valence-electron chi connectivity index (χ4n) is 4.01. The Balaban J connectivity index is 1.45. The lowest BCUT2D eigenvalue weighted by Gasteiger charge is -2.28. The van der Waals surface area contributed by atoms with Gasteiger partial charge in [-0.2, -0.15) is 5.10 Å². The van der Waals surface area contributed by atoms with Gasteiger partial charge >= 0.3 is 0 Å². The van der Waals surface area contributed by atoms with Crippen molar-refractivity contribution < 1.29 is 4.79 Å². The number of nitrogens with zero attached hydrogens (tertiary/aromatic N) is 4. The lowest BCUT2D eigenvalue weighted by atomic mass is 10.0. The predicted octanol–water partition coefficient (Wildman–Crippen LogP) is 3.15. The number of aromatic nitrogens is 5. The molecule has 8 heteroatoms. The van der Waals surface area contributed by atoms with Crippen LogP contribution in [0.2, 0.25) is 0 Å². The molecule has 5 heterocycles. The summed E-state index contributed by atoms with van der Waals surface area (Å²) in [4.78, 5) is 27.7. The second-order valence-electron chi connectivity index (χ2n) is 8.02. The molecular formula is C23H25N7O. The zero-order chi connectivity index (χ0) is 21.4. The third-order valence-corrected chi connectivity index (χ3v) is 5.89. The van der Waals surface area contributed by atoms with Crippen LogP contribution in [0.15, 0.2) is 36.7 Å². The highest BCUT2D eigenvalue weighted by atomic mass is 16.1. The zero-order valence-corrected chi connectivity index (χ0v) is 17.7. The van der Waals surface area contributed by atoms with E-state index in [-0.39, 0.29) is 12.2 Å². The summed E-state index contributed by atoms with van der Waals surface area (Å²) in [5, 5.41) is 11.4. The van der Waals surface area contributed by atoms with Crippen LogP contribution in [-0.2, 0) is 6.42 Å². The van der Waals surface area contributed by atoms with Crippen molar-refractivity contribution in [3.05, 3.63) is 59.2 Å². The fraction of sp³-hybridized carbons (Fsp3) is 0.304. The average Bonchev–Trinajstić information content (AvgIpc) is 3.37. The molecule has 1 aliphatic heterocycles. The maximum absolute atomic E-state index is 12.8. The smallest absolute Gasteiger partial charge is 0.187 e. The normalized spacial score (nSPS) is 14.3. The van der Waals surface area contributed by atoms with Crippen LogP contribution in [0.25, 0.3) is 22.3 Å². The number of aryl methyl sites for hydroxylation is 1. The number of carbonyl (C=O) groups excluding carboxylic acids is 1. The Kier molecular flexibility index (Phi) is 4.99. The Bertz CT molecular complexity index is 1250. The van der Waals surface area contributed by atoms with E-state index < -0.39 is 0 Å². The number of carbonyl (C=O) groups is 1. The van der Waals surface area contributed by atoms with Crippen molar-refractivity contribution in [2.45, 2.75) is 26.7 Å². The van der Waals surface area contributed by atoms with Gasteiger partial charge < -0.3 is 9.88 Å². The number of Topliss-reactive ketones (excluding diaryl/α,β-unsaturated/α-hetero) is 1. The lowest BCUT2D eigenvalue weighted by molar-refractivity contribution is 0.0987. The summed E-state index contributed by atoms with van der Waals surface area (Å²) in [6.07, 6.45) is 5.05. The standard InChI is InChI=1S/C23H25N7O/c1-14-15(2)28-29-22(14)20(31)10-16-9-17-18(12-26-23(17)25-11-16)19-5-3-6-21(27-19)30-8-4-7-24-13-30/h3,5-6,9,11-12,24H,4,7-8,10,13H2,1-2H3,(H,25,26)(H,28,29).